The van der Waals surface area contributed by atoms with E-state index in [1.165, 1.54) is 29.2 Å². The van der Waals surface area contributed by atoms with Gasteiger partial charge in [-0.25, -0.2) is 16.8 Å². The van der Waals surface area contributed by atoms with Crippen LogP contribution in [0.1, 0.15) is 113 Å². The first kappa shape index (κ1) is 92.5. The Morgan fingerprint density at radius 3 is 0.854 bits per heavy atom. The molecule has 0 aliphatic heterocycles. The topological polar surface area (TPSA) is 253 Å². The Balaban J connectivity index is -0.00000115. The van der Waals surface area contributed by atoms with Gasteiger partial charge in [0.1, 0.15) is 20.2 Å². The van der Waals surface area contributed by atoms with Gasteiger partial charge in [0.2, 0.25) is 17.7 Å². The van der Waals surface area contributed by atoms with Gasteiger partial charge in [0.25, 0.3) is 0 Å². The van der Waals surface area contributed by atoms with Crippen LogP contribution in [0.2, 0.25) is 0 Å². The molecule has 3 N–H and O–H groups in total. The number of anilines is 3. The molecule has 474 valence electrons. The fourth-order valence-electron chi connectivity index (χ4n) is 7.19. The van der Waals surface area contributed by atoms with Gasteiger partial charge in [0.05, 0.1) is 9.79 Å². The molecule has 6 aromatic rings. The number of carbonyl (C=O) groups excluding carboxylic acids is 3. The first-order chi connectivity index (χ1) is 39.4. The molecule has 0 heterocycles. The maximum absolute atomic E-state index is 12.7. The molecule has 0 fully saturated rings. The van der Waals surface area contributed by atoms with Crippen molar-refractivity contribution in [3.05, 3.63) is 168 Å². The number of alkyl halides is 3. The van der Waals surface area contributed by atoms with Gasteiger partial charge in [0.15, 0.2) is 0 Å². The maximum atomic E-state index is 12.7. The quantitative estimate of drug-likeness (QED) is 0.0229. The maximum Gasteiger partial charge on any atom is 1.00 e. The third kappa shape index (κ3) is 36.3. The molecule has 0 saturated carbocycles. The molecule has 3 atom stereocenters. The van der Waals surface area contributed by atoms with E-state index in [1.807, 2.05) is 157 Å². The third-order valence-corrected chi connectivity index (χ3v) is 18.6. The number of thioether (sulfide) groups is 3. The van der Waals surface area contributed by atoms with Gasteiger partial charge in [-0.05, 0) is 152 Å². The van der Waals surface area contributed by atoms with Crippen LogP contribution in [0.5, 0.6) is 0 Å². The molecule has 3 unspecified atom stereocenters. The predicted molar refractivity (Wildman–Crippen MR) is 355 cm³/mol. The Hall–Kier alpha value is -0.652. The van der Waals surface area contributed by atoms with Crippen LogP contribution in [0.3, 0.4) is 0 Å². The fraction of sp³-hybridized carbons (Fsp3) is 0.361. The average Bonchev–Trinajstić information content (AvgIpc) is 3.64. The van der Waals surface area contributed by atoms with Crippen LogP contribution in [0.4, 0.5) is 17.1 Å². The smallest absolute Gasteiger partial charge is 0.744 e. The van der Waals surface area contributed by atoms with Crippen LogP contribution in [-0.4, -0.2) is 75.1 Å². The standard InChI is InChI=1S/2C19H22BrNO4S2.C19H21BrNOS.C4H10.3Na.O3S.Pt/c2*1-19(2,18(22)21-14-6-8-15(26-3)9-7-14)12-17(20)13-4-10-16(11-5-13)27(23,24)25;1-19(2,13-17(20)14-7-5-4-6-8-14)18(22)21-15-9-11-16(23-3)12-10-15;1-4(2)3;;;;1-4(2)3;/h2*4-11,17H,12H2,1-3H3,(H,21,22)(H,23,24,25);5-12,17H,13H2,1-3H3,(H,21,22);4H,1-3H3;;;;;/q;;-1;;3*+1;;/p-2. The van der Waals surface area contributed by atoms with Gasteiger partial charge in [-0.15, -0.1) is 53.5 Å². The monoisotopic (exact) mass is 1730 g/mol. The van der Waals surface area contributed by atoms with Crippen molar-refractivity contribution >= 4 is 149 Å². The van der Waals surface area contributed by atoms with Crippen molar-refractivity contribution in [1.29, 1.82) is 0 Å². The second-order valence-electron chi connectivity index (χ2n) is 21.5. The van der Waals surface area contributed by atoms with Crippen molar-refractivity contribution in [3.8, 4) is 0 Å². The molecule has 0 aliphatic rings. The number of rotatable bonds is 20. The largest absolute Gasteiger partial charge is 1.00 e. The van der Waals surface area contributed by atoms with Gasteiger partial charge in [-0.3, -0.25) is 14.4 Å². The minimum Gasteiger partial charge on any atom is -0.744 e. The van der Waals surface area contributed by atoms with E-state index in [0.29, 0.717) is 19.3 Å². The summed E-state index contributed by atoms with van der Waals surface area (Å²) in [4.78, 5) is 40.7. The molecular formula is C61H73Br3N3Na3O12PtS6. The molecule has 0 aromatic heterocycles. The van der Waals surface area contributed by atoms with Crippen molar-refractivity contribution in [2.45, 2.75) is 121 Å². The summed E-state index contributed by atoms with van der Waals surface area (Å²) in [6, 6.07) is 45.5. The molecule has 28 heteroatoms. The number of hydrogen-bond donors (Lipinski definition) is 3. The van der Waals surface area contributed by atoms with E-state index >= 15 is 0 Å². The average molecular weight is 1740 g/mol. The molecule has 0 spiro atoms. The molecule has 89 heavy (non-hydrogen) atoms. The van der Waals surface area contributed by atoms with Gasteiger partial charge >= 0.3 is 99.3 Å². The molecule has 0 aliphatic carbocycles. The molecule has 6 rings (SSSR count). The van der Waals surface area contributed by atoms with Crippen LogP contribution < -0.4 is 105 Å². The van der Waals surface area contributed by atoms with E-state index in [4.69, 9.17) is 12.6 Å². The number of nitrogens with one attached hydrogen (secondary N) is 3. The van der Waals surface area contributed by atoms with Crippen molar-refractivity contribution in [2.75, 3.05) is 34.7 Å². The minimum atomic E-state index is -4.46. The Kier molecular flexibility index (Phi) is 46.8. The number of hydrogen-bond acceptors (Lipinski definition) is 15. The number of carbonyl (C=O) groups is 3. The number of amides is 3. The van der Waals surface area contributed by atoms with E-state index in [2.05, 4.69) is 90.6 Å². The summed E-state index contributed by atoms with van der Waals surface area (Å²) in [7, 11) is -12.0. The van der Waals surface area contributed by atoms with Crippen LogP contribution >= 0.6 is 83.1 Å². The normalized spacial score (nSPS) is 12.0. The Morgan fingerprint density at radius 2 is 0.663 bits per heavy atom. The molecule has 15 nitrogen and oxygen atoms in total. The number of halogens is 3. The Morgan fingerprint density at radius 1 is 0.461 bits per heavy atom. The second-order valence-corrected chi connectivity index (χ2v) is 30.7. The Labute approximate surface area is 648 Å². The zero-order valence-electron chi connectivity index (χ0n) is 52.6. The summed E-state index contributed by atoms with van der Waals surface area (Å²) in [6.07, 6.45) is 7.72. The molecule has 0 bridgehead atoms. The first-order valence-corrected chi connectivity index (χ1v) is 36.3. The van der Waals surface area contributed by atoms with Gasteiger partial charge in [-0.2, -0.15) is 30.3 Å². The zero-order chi connectivity index (χ0) is 64.5. The summed E-state index contributed by atoms with van der Waals surface area (Å²) in [6.45, 7) is 17.9. The predicted octanol–water partition coefficient (Wildman–Crippen LogP) is 6.97. The molecule has 0 radical (unpaired) electrons. The van der Waals surface area contributed by atoms with E-state index in [0.717, 1.165) is 49.5 Å². The zero-order valence-corrected chi connectivity index (χ0v) is 70.5. The van der Waals surface area contributed by atoms with Crippen LogP contribution in [0.15, 0.2) is 170 Å². The first-order valence-electron chi connectivity index (χ1n) is 26.1. The number of benzene rings is 6. The van der Waals surface area contributed by atoms with Crippen molar-refractivity contribution < 1.29 is 163 Å². The molecule has 6 aromatic carbocycles. The van der Waals surface area contributed by atoms with E-state index < -0.39 is 47.1 Å². The van der Waals surface area contributed by atoms with E-state index in [9.17, 15) is 40.3 Å². The van der Waals surface area contributed by atoms with Gasteiger partial charge in [0, 0.05) is 83.5 Å². The summed E-state index contributed by atoms with van der Waals surface area (Å²) >= 11 is 15.8. The van der Waals surface area contributed by atoms with E-state index in [-0.39, 0.29) is 152 Å². The molecular weight excluding hydrogens is 1660 g/mol. The van der Waals surface area contributed by atoms with Gasteiger partial charge in [-0.1, -0.05) is 134 Å². The van der Waals surface area contributed by atoms with Crippen molar-refractivity contribution in [1.82, 2.24) is 0 Å². The minimum absolute atomic E-state index is 0. The summed E-state index contributed by atoms with van der Waals surface area (Å²) in [5, 5.41) is 8.87. The summed E-state index contributed by atoms with van der Waals surface area (Å²) < 4.78 is 91.5. The van der Waals surface area contributed by atoms with Crippen molar-refractivity contribution in [2.24, 2.45) is 22.2 Å². The second kappa shape index (κ2) is 45.0. The van der Waals surface area contributed by atoms with Gasteiger partial charge < -0.3 is 25.1 Å². The third-order valence-electron chi connectivity index (χ3n) is 12.1. The van der Waals surface area contributed by atoms with Crippen LogP contribution in [0.25, 0.3) is 0 Å². The van der Waals surface area contributed by atoms with E-state index in [1.54, 1.807) is 59.6 Å². The van der Waals surface area contributed by atoms with Crippen molar-refractivity contribution in [3.63, 3.8) is 0 Å². The Bertz CT molecular complexity index is 3260. The molecule has 0 saturated heterocycles. The SMILES string of the molecule is CC(C)C.CSc1ccc(NC(=O)C(C)(C)CC(Br)c2cc[c-]cc2)cc1.CSc1ccc(NC(=O)C(C)(C)CC(Br)c2ccc(S(=O)(=O)[O-])cc2)cc1.CSc1ccc(NC(=O)C(C)(C)CC(Br)c2ccc(S(=O)(=O)[O-])cc2)cc1.O=S(=O)=O.[Na+].[Na+].[Na+].[Pt]. The summed E-state index contributed by atoms with van der Waals surface area (Å²) in [5.74, 6) is 0.645. The van der Waals surface area contributed by atoms with Crippen LogP contribution in [0, 0.1) is 28.2 Å². The molecule has 3 amide bonds. The van der Waals surface area contributed by atoms with Crippen LogP contribution in [-0.2, 0) is 66.3 Å². The fourth-order valence-corrected chi connectivity index (χ4v) is 12.7. The summed E-state index contributed by atoms with van der Waals surface area (Å²) in [5.41, 5.74) is 3.25.